The van der Waals surface area contributed by atoms with E-state index in [0.29, 0.717) is 35.9 Å². The summed E-state index contributed by atoms with van der Waals surface area (Å²) >= 11 is 0. The van der Waals surface area contributed by atoms with Gasteiger partial charge in [0.25, 0.3) is 11.8 Å². The van der Waals surface area contributed by atoms with Gasteiger partial charge in [0.1, 0.15) is 0 Å². The van der Waals surface area contributed by atoms with Crippen molar-refractivity contribution in [3.8, 4) is 11.5 Å². The largest absolute Gasteiger partial charge is 0.339 e. The maximum absolute atomic E-state index is 12.5. The number of hydrogen-bond acceptors (Lipinski definition) is 6. The molecule has 0 aliphatic carbocycles. The molecule has 1 saturated heterocycles. The first kappa shape index (κ1) is 16.2. The summed E-state index contributed by atoms with van der Waals surface area (Å²) in [5.74, 6) is 1.19. The summed E-state index contributed by atoms with van der Waals surface area (Å²) in [7, 11) is 0. The van der Waals surface area contributed by atoms with E-state index >= 15 is 0 Å². The second kappa shape index (κ2) is 6.91. The van der Waals surface area contributed by atoms with E-state index in [1.807, 2.05) is 4.90 Å². The molecule has 3 aromatic heterocycles. The number of rotatable bonds is 3. The molecule has 1 amide bonds. The van der Waals surface area contributed by atoms with E-state index in [1.165, 1.54) is 6.07 Å². The molecule has 8 nitrogen and oxygen atoms in total. The van der Waals surface area contributed by atoms with Crippen LogP contribution in [-0.4, -0.2) is 44.0 Å². The van der Waals surface area contributed by atoms with Gasteiger partial charge in [-0.05, 0) is 31.0 Å². The minimum atomic E-state index is -0.181. The maximum Gasteiger partial charge on any atom is 0.259 e. The Labute approximate surface area is 148 Å². The number of hydrogen-bond donors (Lipinski definition) is 1. The Morgan fingerprint density at radius 2 is 1.92 bits per heavy atom. The molecule has 132 valence electrons. The monoisotopic (exact) mass is 351 g/mol. The van der Waals surface area contributed by atoms with Crippen LogP contribution in [0.5, 0.6) is 0 Å². The molecule has 26 heavy (non-hydrogen) atoms. The standard InChI is InChI=1S/C18H17N5O3/c24-15-2-1-14(11-20-15)17-21-16(22-26-17)12-5-9-23(10-6-12)18(25)13-3-7-19-8-4-13/h1-4,7-8,11-12H,5-6,9-10H2,(H,20,24). The Morgan fingerprint density at radius 1 is 1.15 bits per heavy atom. The first-order valence-electron chi connectivity index (χ1n) is 8.43. The van der Waals surface area contributed by atoms with E-state index in [9.17, 15) is 9.59 Å². The zero-order chi connectivity index (χ0) is 17.9. The molecule has 4 rings (SSSR count). The third kappa shape index (κ3) is 3.26. The lowest BCUT2D eigenvalue weighted by atomic mass is 9.95. The summed E-state index contributed by atoms with van der Waals surface area (Å²) in [6.45, 7) is 1.29. The Balaban J connectivity index is 1.41. The number of aromatic amines is 1. The molecule has 0 saturated carbocycles. The molecule has 1 aliphatic heterocycles. The third-order valence-corrected chi connectivity index (χ3v) is 4.55. The number of H-pyrrole nitrogens is 1. The zero-order valence-corrected chi connectivity index (χ0v) is 14.0. The topological polar surface area (TPSA) is 105 Å². The fraction of sp³-hybridized carbons (Fsp3) is 0.278. The van der Waals surface area contributed by atoms with Gasteiger partial charge in [0.15, 0.2) is 5.82 Å². The van der Waals surface area contributed by atoms with Crippen LogP contribution in [0.15, 0.2) is 52.2 Å². The highest BCUT2D eigenvalue weighted by Gasteiger charge is 2.27. The van der Waals surface area contributed by atoms with Crippen LogP contribution in [0.4, 0.5) is 0 Å². The molecule has 3 aromatic rings. The first-order valence-corrected chi connectivity index (χ1v) is 8.43. The SMILES string of the molecule is O=C(c1ccncc1)N1CCC(c2noc(-c3ccc(=O)[nH]c3)n2)CC1. The summed E-state index contributed by atoms with van der Waals surface area (Å²) in [6, 6.07) is 6.52. The number of likely N-dealkylation sites (tertiary alicyclic amines) is 1. The molecule has 0 aromatic carbocycles. The van der Waals surface area contributed by atoms with Crippen LogP contribution in [0.2, 0.25) is 0 Å². The van der Waals surface area contributed by atoms with Gasteiger partial charge >= 0.3 is 0 Å². The van der Waals surface area contributed by atoms with Gasteiger partial charge in [0.2, 0.25) is 5.56 Å². The Hall–Kier alpha value is -3.29. The summed E-state index contributed by atoms with van der Waals surface area (Å²) in [5, 5.41) is 4.08. The fourth-order valence-corrected chi connectivity index (χ4v) is 3.08. The molecule has 1 N–H and O–H groups in total. The smallest absolute Gasteiger partial charge is 0.259 e. The maximum atomic E-state index is 12.5. The number of nitrogens with one attached hydrogen (secondary N) is 1. The molecule has 0 bridgehead atoms. The highest BCUT2D eigenvalue weighted by Crippen LogP contribution is 2.28. The Bertz CT molecular complexity index is 938. The molecular formula is C18H17N5O3. The lowest BCUT2D eigenvalue weighted by molar-refractivity contribution is 0.0710. The van der Waals surface area contributed by atoms with Gasteiger partial charge in [-0.15, -0.1) is 0 Å². The van der Waals surface area contributed by atoms with Crippen molar-refractivity contribution in [3.05, 3.63) is 64.6 Å². The van der Waals surface area contributed by atoms with E-state index in [2.05, 4.69) is 20.1 Å². The lowest BCUT2D eigenvalue weighted by Gasteiger charge is -2.30. The van der Waals surface area contributed by atoms with Crippen LogP contribution in [0.3, 0.4) is 0 Å². The van der Waals surface area contributed by atoms with Crippen molar-refractivity contribution >= 4 is 5.91 Å². The van der Waals surface area contributed by atoms with Crippen LogP contribution in [-0.2, 0) is 0 Å². The minimum Gasteiger partial charge on any atom is -0.339 e. The number of nitrogens with zero attached hydrogens (tertiary/aromatic N) is 4. The quantitative estimate of drug-likeness (QED) is 0.772. The minimum absolute atomic E-state index is 0.0212. The highest BCUT2D eigenvalue weighted by atomic mass is 16.5. The Kier molecular flexibility index (Phi) is 4.30. The number of pyridine rings is 2. The van der Waals surface area contributed by atoms with Gasteiger partial charge in [0.05, 0.1) is 5.56 Å². The number of carbonyl (C=O) groups excluding carboxylic acids is 1. The second-order valence-corrected chi connectivity index (χ2v) is 6.20. The van der Waals surface area contributed by atoms with Gasteiger partial charge in [-0.25, -0.2) is 0 Å². The van der Waals surface area contributed by atoms with Crippen molar-refractivity contribution in [3.63, 3.8) is 0 Å². The highest BCUT2D eigenvalue weighted by molar-refractivity contribution is 5.94. The van der Waals surface area contributed by atoms with Crippen LogP contribution >= 0.6 is 0 Å². The number of aromatic nitrogens is 4. The molecule has 0 unspecified atom stereocenters. The van der Waals surface area contributed by atoms with Crippen molar-refractivity contribution in [1.29, 1.82) is 0 Å². The van der Waals surface area contributed by atoms with E-state index in [0.717, 1.165) is 12.8 Å². The van der Waals surface area contributed by atoms with E-state index < -0.39 is 0 Å². The lowest BCUT2D eigenvalue weighted by Crippen LogP contribution is -2.38. The summed E-state index contributed by atoms with van der Waals surface area (Å²) in [6.07, 6.45) is 6.35. The van der Waals surface area contributed by atoms with Gasteiger partial charge in [-0.2, -0.15) is 4.98 Å². The van der Waals surface area contributed by atoms with Crippen LogP contribution in [0.1, 0.15) is 34.9 Å². The second-order valence-electron chi connectivity index (χ2n) is 6.20. The molecule has 1 fully saturated rings. The van der Waals surface area contributed by atoms with E-state index in [1.54, 1.807) is 36.8 Å². The van der Waals surface area contributed by atoms with Gasteiger partial charge in [-0.3, -0.25) is 14.6 Å². The number of carbonyl (C=O) groups is 1. The Morgan fingerprint density at radius 3 is 2.62 bits per heavy atom. The molecular weight excluding hydrogens is 334 g/mol. The zero-order valence-electron chi connectivity index (χ0n) is 14.0. The van der Waals surface area contributed by atoms with Crippen molar-refractivity contribution in [2.24, 2.45) is 0 Å². The molecule has 0 spiro atoms. The van der Waals surface area contributed by atoms with Crippen molar-refractivity contribution in [2.45, 2.75) is 18.8 Å². The van der Waals surface area contributed by atoms with Crippen LogP contribution in [0.25, 0.3) is 11.5 Å². The summed E-state index contributed by atoms with van der Waals surface area (Å²) < 4.78 is 5.32. The van der Waals surface area contributed by atoms with Gasteiger partial charge < -0.3 is 14.4 Å². The van der Waals surface area contributed by atoms with Gasteiger partial charge in [0, 0.05) is 49.2 Å². The predicted molar refractivity (Wildman–Crippen MR) is 92.5 cm³/mol. The molecule has 8 heteroatoms. The number of amides is 1. The first-order chi connectivity index (χ1) is 12.7. The van der Waals surface area contributed by atoms with Gasteiger partial charge in [-0.1, -0.05) is 5.16 Å². The van der Waals surface area contributed by atoms with Crippen molar-refractivity contribution in [1.82, 2.24) is 25.0 Å². The van der Waals surface area contributed by atoms with Crippen molar-refractivity contribution < 1.29 is 9.32 Å². The summed E-state index contributed by atoms with van der Waals surface area (Å²) in [4.78, 5) is 36.4. The molecule has 0 atom stereocenters. The third-order valence-electron chi connectivity index (χ3n) is 4.55. The average Bonchev–Trinajstić information content (AvgIpc) is 3.19. The fourth-order valence-electron chi connectivity index (χ4n) is 3.08. The predicted octanol–water partition coefficient (Wildman–Crippen LogP) is 1.84. The van der Waals surface area contributed by atoms with Crippen LogP contribution in [0, 0.1) is 0 Å². The van der Waals surface area contributed by atoms with Crippen molar-refractivity contribution in [2.75, 3.05) is 13.1 Å². The average molecular weight is 351 g/mol. The number of piperidine rings is 1. The van der Waals surface area contributed by atoms with Crippen LogP contribution < -0.4 is 5.56 Å². The summed E-state index contributed by atoms with van der Waals surface area (Å²) in [5.41, 5.74) is 1.15. The normalized spacial score (nSPS) is 15.2. The molecule has 1 aliphatic rings. The molecule has 4 heterocycles. The molecule has 0 radical (unpaired) electrons. The van der Waals surface area contributed by atoms with E-state index in [-0.39, 0.29) is 17.4 Å². The van der Waals surface area contributed by atoms with E-state index in [4.69, 9.17) is 4.52 Å².